The molecule has 0 N–H and O–H groups in total. The van der Waals surface area contributed by atoms with Crippen molar-refractivity contribution < 1.29 is 4.92 Å². The molecule has 0 fully saturated rings. The van der Waals surface area contributed by atoms with E-state index in [1.807, 2.05) is 0 Å². The summed E-state index contributed by atoms with van der Waals surface area (Å²) < 4.78 is 0. The SMILES string of the molecule is [CH2]c1cccc([N+](=O)[O-])n1. The van der Waals surface area contributed by atoms with E-state index < -0.39 is 4.92 Å². The first-order valence-electron chi connectivity index (χ1n) is 2.63. The van der Waals surface area contributed by atoms with Gasteiger partial charge in [0, 0.05) is 13.0 Å². The van der Waals surface area contributed by atoms with Crippen LogP contribution in [0.15, 0.2) is 18.2 Å². The van der Waals surface area contributed by atoms with Gasteiger partial charge in [0.1, 0.15) is 0 Å². The zero-order valence-corrected chi connectivity index (χ0v) is 5.15. The van der Waals surface area contributed by atoms with Gasteiger partial charge in [0.2, 0.25) is 0 Å². The van der Waals surface area contributed by atoms with E-state index in [4.69, 9.17) is 0 Å². The third-order valence-corrected chi connectivity index (χ3v) is 0.979. The smallest absolute Gasteiger partial charge is 0.358 e. The van der Waals surface area contributed by atoms with Crippen molar-refractivity contribution in [3.63, 3.8) is 0 Å². The van der Waals surface area contributed by atoms with Crippen LogP contribution in [0, 0.1) is 17.0 Å². The Morgan fingerprint density at radius 1 is 1.60 bits per heavy atom. The second kappa shape index (κ2) is 2.43. The summed E-state index contributed by atoms with van der Waals surface area (Å²) in [6, 6.07) is 4.48. The van der Waals surface area contributed by atoms with Crippen LogP contribution in [0.5, 0.6) is 0 Å². The number of nitrogens with zero attached hydrogens (tertiary/aromatic N) is 2. The highest BCUT2D eigenvalue weighted by molar-refractivity contribution is 5.22. The second-order valence-electron chi connectivity index (χ2n) is 1.74. The van der Waals surface area contributed by atoms with Crippen LogP contribution >= 0.6 is 0 Å². The monoisotopic (exact) mass is 137 g/mol. The van der Waals surface area contributed by atoms with Gasteiger partial charge in [-0.15, -0.1) is 0 Å². The van der Waals surface area contributed by atoms with Crippen LogP contribution in [-0.4, -0.2) is 9.91 Å². The first kappa shape index (κ1) is 6.67. The van der Waals surface area contributed by atoms with Gasteiger partial charge in [0.25, 0.3) is 0 Å². The Labute approximate surface area is 57.7 Å². The van der Waals surface area contributed by atoms with Crippen LogP contribution < -0.4 is 0 Å². The van der Waals surface area contributed by atoms with E-state index in [1.54, 1.807) is 12.1 Å². The predicted molar refractivity (Wildman–Crippen MR) is 35.4 cm³/mol. The third-order valence-electron chi connectivity index (χ3n) is 0.979. The van der Waals surface area contributed by atoms with Crippen molar-refractivity contribution in [2.75, 3.05) is 0 Å². The normalized spacial score (nSPS) is 9.30. The van der Waals surface area contributed by atoms with Crippen LogP contribution in [0.1, 0.15) is 5.69 Å². The summed E-state index contributed by atoms with van der Waals surface area (Å²) in [5.41, 5.74) is 0.411. The molecule has 1 rings (SSSR count). The molecule has 0 amide bonds. The molecule has 0 aliphatic carbocycles. The molecule has 0 bridgehead atoms. The van der Waals surface area contributed by atoms with Crippen molar-refractivity contribution in [3.05, 3.63) is 40.9 Å². The molecule has 1 aromatic rings. The molecule has 1 heterocycles. The van der Waals surface area contributed by atoms with Gasteiger partial charge in [-0.05, 0) is 22.0 Å². The molecule has 0 aromatic carbocycles. The van der Waals surface area contributed by atoms with E-state index in [1.165, 1.54) is 6.07 Å². The summed E-state index contributed by atoms with van der Waals surface area (Å²) in [4.78, 5) is 13.1. The molecule has 0 unspecified atom stereocenters. The minimum Gasteiger partial charge on any atom is -0.358 e. The van der Waals surface area contributed by atoms with Crippen LogP contribution in [0.2, 0.25) is 0 Å². The van der Waals surface area contributed by atoms with E-state index in [-0.39, 0.29) is 5.82 Å². The molecule has 0 aliphatic heterocycles. The Kier molecular flexibility index (Phi) is 1.62. The van der Waals surface area contributed by atoms with Crippen molar-refractivity contribution in [1.29, 1.82) is 0 Å². The van der Waals surface area contributed by atoms with Crippen LogP contribution in [0.4, 0.5) is 5.82 Å². The number of nitro groups is 1. The summed E-state index contributed by atoms with van der Waals surface area (Å²) >= 11 is 0. The van der Waals surface area contributed by atoms with Gasteiger partial charge in [0.05, 0.1) is 0 Å². The summed E-state index contributed by atoms with van der Waals surface area (Å²) in [5, 5.41) is 10.1. The highest BCUT2D eigenvalue weighted by Crippen LogP contribution is 2.05. The maximum Gasteiger partial charge on any atom is 0.363 e. The van der Waals surface area contributed by atoms with Gasteiger partial charge in [0.15, 0.2) is 5.69 Å². The van der Waals surface area contributed by atoms with Crippen molar-refractivity contribution >= 4 is 5.82 Å². The van der Waals surface area contributed by atoms with E-state index in [9.17, 15) is 10.1 Å². The Hall–Kier alpha value is -1.45. The fourth-order valence-electron chi connectivity index (χ4n) is 0.569. The first-order valence-corrected chi connectivity index (χ1v) is 2.63. The largest absolute Gasteiger partial charge is 0.363 e. The quantitative estimate of drug-likeness (QED) is 0.431. The van der Waals surface area contributed by atoms with Gasteiger partial charge in [-0.2, -0.15) is 0 Å². The number of rotatable bonds is 1. The molecular formula is C6H5N2O2. The minimum absolute atomic E-state index is 0.160. The van der Waals surface area contributed by atoms with E-state index in [2.05, 4.69) is 11.9 Å². The average Bonchev–Trinajstić information content (AvgIpc) is 1.88. The lowest BCUT2D eigenvalue weighted by molar-refractivity contribution is -0.389. The maximum atomic E-state index is 10.1. The van der Waals surface area contributed by atoms with Gasteiger partial charge >= 0.3 is 5.82 Å². The molecule has 4 heteroatoms. The summed E-state index contributed by atoms with van der Waals surface area (Å²) in [7, 11) is 0. The number of pyridine rings is 1. The molecule has 1 aromatic heterocycles. The number of hydrogen-bond acceptors (Lipinski definition) is 3. The van der Waals surface area contributed by atoms with Crippen molar-refractivity contribution in [2.45, 2.75) is 0 Å². The predicted octanol–water partition coefficient (Wildman–Crippen LogP) is 1.17. The lowest BCUT2D eigenvalue weighted by Gasteiger charge is -1.89. The first-order chi connectivity index (χ1) is 4.70. The Bertz CT molecular complexity index is 260. The highest BCUT2D eigenvalue weighted by atomic mass is 16.6. The molecule has 0 saturated carbocycles. The highest BCUT2D eigenvalue weighted by Gasteiger charge is 2.04. The van der Waals surface area contributed by atoms with Crippen molar-refractivity contribution in [1.82, 2.24) is 4.98 Å². The van der Waals surface area contributed by atoms with Gasteiger partial charge in [-0.25, -0.2) is 0 Å². The molecule has 4 nitrogen and oxygen atoms in total. The maximum absolute atomic E-state index is 10.1. The van der Waals surface area contributed by atoms with Crippen LogP contribution in [-0.2, 0) is 0 Å². The van der Waals surface area contributed by atoms with Gasteiger partial charge < -0.3 is 10.1 Å². The molecule has 51 valence electrons. The average molecular weight is 137 g/mol. The molecule has 0 atom stereocenters. The summed E-state index contributed by atoms with van der Waals surface area (Å²) in [6.07, 6.45) is 0. The zero-order valence-electron chi connectivity index (χ0n) is 5.15. The lowest BCUT2D eigenvalue weighted by atomic mass is 10.4. The molecule has 10 heavy (non-hydrogen) atoms. The second-order valence-corrected chi connectivity index (χ2v) is 1.74. The summed E-state index contributed by atoms with van der Waals surface area (Å²) in [5.74, 6) is -0.160. The summed E-state index contributed by atoms with van der Waals surface area (Å²) in [6.45, 7) is 3.45. The van der Waals surface area contributed by atoms with Crippen LogP contribution in [0.25, 0.3) is 0 Å². The molecule has 0 saturated heterocycles. The molecule has 0 spiro atoms. The Balaban J connectivity index is 3.07. The zero-order chi connectivity index (χ0) is 7.56. The molecule has 1 radical (unpaired) electrons. The van der Waals surface area contributed by atoms with Crippen molar-refractivity contribution in [2.24, 2.45) is 0 Å². The van der Waals surface area contributed by atoms with Gasteiger partial charge in [-0.3, -0.25) is 0 Å². The van der Waals surface area contributed by atoms with E-state index >= 15 is 0 Å². The number of hydrogen-bond donors (Lipinski definition) is 0. The topological polar surface area (TPSA) is 56.0 Å². The minimum atomic E-state index is -0.547. The van der Waals surface area contributed by atoms with E-state index in [0.717, 1.165) is 0 Å². The molecular weight excluding hydrogens is 132 g/mol. The molecule has 0 aliphatic rings. The van der Waals surface area contributed by atoms with Crippen LogP contribution in [0.3, 0.4) is 0 Å². The fourth-order valence-corrected chi connectivity index (χ4v) is 0.569. The standard InChI is InChI=1S/C6H5N2O2/c1-5-3-2-4-6(7-5)8(9)10/h2-4H,1H2. The van der Waals surface area contributed by atoms with Crippen molar-refractivity contribution in [3.8, 4) is 0 Å². The lowest BCUT2D eigenvalue weighted by Crippen LogP contribution is -1.91. The van der Waals surface area contributed by atoms with E-state index in [0.29, 0.717) is 5.69 Å². The van der Waals surface area contributed by atoms with Gasteiger partial charge in [-0.1, -0.05) is 0 Å². The number of aromatic nitrogens is 1. The fraction of sp³-hybridized carbons (Fsp3) is 0. The Morgan fingerprint density at radius 3 is 2.70 bits per heavy atom. The Morgan fingerprint density at radius 2 is 2.30 bits per heavy atom. The third kappa shape index (κ3) is 1.28.